The van der Waals surface area contributed by atoms with Crippen LogP contribution in [-0.2, 0) is 13.1 Å². The van der Waals surface area contributed by atoms with E-state index in [1.165, 1.54) is 16.8 Å². The van der Waals surface area contributed by atoms with Crippen LogP contribution in [0.25, 0.3) is 0 Å². The van der Waals surface area contributed by atoms with Crippen LogP contribution in [0.1, 0.15) is 31.9 Å². The van der Waals surface area contributed by atoms with Gasteiger partial charge in [0, 0.05) is 51.0 Å². The second-order valence-corrected chi connectivity index (χ2v) is 7.86. The Hall–Kier alpha value is -1.91. The molecule has 0 amide bonds. The molecule has 1 aromatic heterocycles. The number of pyridine rings is 1. The molecule has 0 bridgehead atoms. The Bertz CT molecular complexity index is 655. The molecule has 0 spiro atoms. The standard InChI is InChI=1S/C21H30N4/c1-21(2,3)23-15-19-9-10-22-16-20(19)25-13-11-24(12-14-25)17-18-7-5-4-6-8-18/h4-10,16,23H,11-15,17H2,1-3H3. The quantitative estimate of drug-likeness (QED) is 0.906. The molecule has 1 saturated heterocycles. The minimum Gasteiger partial charge on any atom is -0.367 e. The van der Waals surface area contributed by atoms with Gasteiger partial charge in [0.15, 0.2) is 0 Å². The zero-order valence-corrected chi connectivity index (χ0v) is 15.7. The van der Waals surface area contributed by atoms with Crippen LogP contribution < -0.4 is 10.2 Å². The summed E-state index contributed by atoms with van der Waals surface area (Å²) in [6.07, 6.45) is 3.92. The van der Waals surface area contributed by atoms with Crippen molar-refractivity contribution in [3.63, 3.8) is 0 Å². The second kappa shape index (κ2) is 7.98. The van der Waals surface area contributed by atoms with Gasteiger partial charge in [-0.1, -0.05) is 30.3 Å². The molecule has 1 N–H and O–H groups in total. The first-order valence-electron chi connectivity index (χ1n) is 9.20. The Morgan fingerprint density at radius 3 is 2.40 bits per heavy atom. The third kappa shape index (κ3) is 5.28. The lowest BCUT2D eigenvalue weighted by Gasteiger charge is -2.37. The first kappa shape index (κ1) is 17.9. The van der Waals surface area contributed by atoms with Gasteiger partial charge in [-0.3, -0.25) is 9.88 Å². The summed E-state index contributed by atoms with van der Waals surface area (Å²) >= 11 is 0. The normalized spacial score (nSPS) is 16.2. The van der Waals surface area contributed by atoms with E-state index in [9.17, 15) is 0 Å². The number of aromatic nitrogens is 1. The Kier molecular flexibility index (Phi) is 5.71. The molecule has 1 fully saturated rings. The summed E-state index contributed by atoms with van der Waals surface area (Å²) in [7, 11) is 0. The summed E-state index contributed by atoms with van der Waals surface area (Å²) < 4.78 is 0. The average Bonchev–Trinajstić information content (AvgIpc) is 2.61. The van der Waals surface area contributed by atoms with Gasteiger partial charge in [-0.2, -0.15) is 0 Å². The van der Waals surface area contributed by atoms with Crippen LogP contribution in [-0.4, -0.2) is 41.6 Å². The van der Waals surface area contributed by atoms with Gasteiger partial charge in [0.2, 0.25) is 0 Å². The van der Waals surface area contributed by atoms with Crippen molar-refractivity contribution >= 4 is 5.69 Å². The van der Waals surface area contributed by atoms with Gasteiger partial charge < -0.3 is 10.2 Å². The van der Waals surface area contributed by atoms with Crippen LogP contribution in [0.5, 0.6) is 0 Å². The molecule has 0 aliphatic carbocycles. The fraction of sp³-hybridized carbons (Fsp3) is 0.476. The van der Waals surface area contributed by atoms with Crippen molar-refractivity contribution in [3.05, 3.63) is 59.9 Å². The van der Waals surface area contributed by atoms with Crippen molar-refractivity contribution in [2.24, 2.45) is 0 Å². The molecule has 1 aliphatic heterocycles. The van der Waals surface area contributed by atoms with Crippen molar-refractivity contribution in [3.8, 4) is 0 Å². The summed E-state index contributed by atoms with van der Waals surface area (Å²) in [5.74, 6) is 0. The summed E-state index contributed by atoms with van der Waals surface area (Å²) in [5.41, 5.74) is 4.13. The fourth-order valence-corrected chi connectivity index (χ4v) is 3.20. The predicted octanol–water partition coefficient (Wildman–Crippen LogP) is 3.29. The lowest BCUT2D eigenvalue weighted by atomic mass is 10.1. The number of hydrogen-bond acceptors (Lipinski definition) is 4. The Morgan fingerprint density at radius 1 is 1.00 bits per heavy atom. The van der Waals surface area contributed by atoms with Gasteiger partial charge in [-0.25, -0.2) is 0 Å². The second-order valence-electron chi connectivity index (χ2n) is 7.86. The Morgan fingerprint density at radius 2 is 1.72 bits per heavy atom. The first-order valence-corrected chi connectivity index (χ1v) is 9.20. The third-order valence-electron chi connectivity index (χ3n) is 4.66. The minimum absolute atomic E-state index is 0.120. The molecule has 2 heterocycles. The Balaban J connectivity index is 1.59. The number of benzene rings is 1. The van der Waals surface area contributed by atoms with E-state index in [4.69, 9.17) is 0 Å². The zero-order valence-electron chi connectivity index (χ0n) is 15.7. The van der Waals surface area contributed by atoms with Crippen LogP contribution in [0.15, 0.2) is 48.8 Å². The van der Waals surface area contributed by atoms with E-state index in [1.54, 1.807) is 0 Å². The van der Waals surface area contributed by atoms with Crippen LogP contribution in [0.3, 0.4) is 0 Å². The van der Waals surface area contributed by atoms with Gasteiger partial charge in [0.1, 0.15) is 0 Å². The van der Waals surface area contributed by atoms with E-state index in [0.717, 1.165) is 39.3 Å². The maximum Gasteiger partial charge on any atom is 0.0599 e. The summed E-state index contributed by atoms with van der Waals surface area (Å²) in [6.45, 7) is 12.8. The van der Waals surface area contributed by atoms with Crippen molar-refractivity contribution in [2.45, 2.75) is 39.4 Å². The monoisotopic (exact) mass is 338 g/mol. The smallest absolute Gasteiger partial charge is 0.0599 e. The molecule has 2 aromatic rings. The predicted molar refractivity (Wildman–Crippen MR) is 105 cm³/mol. The minimum atomic E-state index is 0.120. The largest absolute Gasteiger partial charge is 0.367 e. The fourth-order valence-electron chi connectivity index (χ4n) is 3.20. The first-order chi connectivity index (χ1) is 12.0. The van der Waals surface area contributed by atoms with E-state index in [0.29, 0.717) is 0 Å². The van der Waals surface area contributed by atoms with E-state index in [2.05, 4.69) is 77.3 Å². The number of rotatable bonds is 5. The molecule has 0 atom stereocenters. The summed E-state index contributed by atoms with van der Waals surface area (Å²) in [6, 6.07) is 12.9. The molecular weight excluding hydrogens is 308 g/mol. The van der Waals surface area contributed by atoms with Crippen molar-refractivity contribution < 1.29 is 0 Å². The maximum atomic E-state index is 4.37. The van der Waals surface area contributed by atoms with Gasteiger partial charge in [0.25, 0.3) is 0 Å². The number of nitrogens with zero attached hydrogens (tertiary/aromatic N) is 3. The molecule has 4 nitrogen and oxygen atoms in total. The van der Waals surface area contributed by atoms with E-state index in [1.807, 2.05) is 12.4 Å². The van der Waals surface area contributed by atoms with Crippen LogP contribution >= 0.6 is 0 Å². The molecule has 134 valence electrons. The SMILES string of the molecule is CC(C)(C)NCc1ccncc1N1CCN(Cc2ccccc2)CC1. The Labute approximate surface area is 151 Å². The van der Waals surface area contributed by atoms with E-state index in [-0.39, 0.29) is 5.54 Å². The molecule has 25 heavy (non-hydrogen) atoms. The zero-order chi connectivity index (χ0) is 17.7. The van der Waals surface area contributed by atoms with Crippen molar-refractivity contribution in [2.75, 3.05) is 31.1 Å². The highest BCUT2D eigenvalue weighted by atomic mass is 15.3. The van der Waals surface area contributed by atoms with E-state index < -0.39 is 0 Å². The topological polar surface area (TPSA) is 31.4 Å². The van der Waals surface area contributed by atoms with Crippen LogP contribution in [0.4, 0.5) is 5.69 Å². The molecule has 3 rings (SSSR count). The highest BCUT2D eigenvalue weighted by Crippen LogP contribution is 2.22. The summed E-state index contributed by atoms with van der Waals surface area (Å²) in [5, 5.41) is 3.59. The number of hydrogen-bond donors (Lipinski definition) is 1. The van der Waals surface area contributed by atoms with Crippen LogP contribution in [0, 0.1) is 0 Å². The molecular formula is C21H30N4. The van der Waals surface area contributed by atoms with Gasteiger partial charge in [-0.15, -0.1) is 0 Å². The van der Waals surface area contributed by atoms with Gasteiger partial charge >= 0.3 is 0 Å². The molecule has 1 aromatic carbocycles. The van der Waals surface area contributed by atoms with Gasteiger partial charge in [0.05, 0.1) is 11.9 Å². The van der Waals surface area contributed by atoms with Crippen LogP contribution in [0.2, 0.25) is 0 Å². The van der Waals surface area contributed by atoms with E-state index >= 15 is 0 Å². The lowest BCUT2D eigenvalue weighted by molar-refractivity contribution is 0.249. The number of nitrogens with one attached hydrogen (secondary N) is 1. The highest BCUT2D eigenvalue weighted by Gasteiger charge is 2.20. The number of anilines is 1. The van der Waals surface area contributed by atoms with Gasteiger partial charge in [-0.05, 0) is 38.0 Å². The number of piperazine rings is 1. The molecule has 1 aliphatic rings. The highest BCUT2D eigenvalue weighted by molar-refractivity contribution is 5.52. The van der Waals surface area contributed by atoms with Crippen molar-refractivity contribution in [1.82, 2.24) is 15.2 Å². The maximum absolute atomic E-state index is 4.37. The average molecular weight is 338 g/mol. The molecule has 4 heteroatoms. The third-order valence-corrected chi connectivity index (χ3v) is 4.66. The molecule has 0 radical (unpaired) electrons. The molecule has 0 unspecified atom stereocenters. The lowest BCUT2D eigenvalue weighted by Crippen LogP contribution is -2.46. The van der Waals surface area contributed by atoms with Crippen molar-refractivity contribution in [1.29, 1.82) is 0 Å². The summed E-state index contributed by atoms with van der Waals surface area (Å²) in [4.78, 5) is 9.39. The molecule has 0 saturated carbocycles.